The Morgan fingerprint density at radius 1 is 1.53 bits per heavy atom. The number of benzene rings is 1. The van der Waals surface area contributed by atoms with Gasteiger partial charge in [-0.05, 0) is 50.3 Å². The van der Waals surface area contributed by atoms with Gasteiger partial charge in [0.2, 0.25) is 0 Å². The van der Waals surface area contributed by atoms with Gasteiger partial charge in [0.05, 0.1) is 4.92 Å². The molecule has 2 rings (SSSR count). The molecule has 19 heavy (non-hydrogen) atoms. The molecule has 1 N–H and O–H groups in total. The van der Waals surface area contributed by atoms with E-state index in [1.54, 1.807) is 12.1 Å². The van der Waals surface area contributed by atoms with Crippen LogP contribution in [-0.2, 0) is 6.42 Å². The van der Waals surface area contributed by atoms with E-state index < -0.39 is 0 Å². The molecule has 1 aliphatic rings. The van der Waals surface area contributed by atoms with Crippen molar-refractivity contribution < 1.29 is 4.92 Å². The lowest BCUT2D eigenvalue weighted by Gasteiger charge is -2.18. The van der Waals surface area contributed by atoms with Gasteiger partial charge in [0, 0.05) is 22.7 Å². The summed E-state index contributed by atoms with van der Waals surface area (Å²) in [6.07, 6.45) is 4.19. The van der Waals surface area contributed by atoms with Crippen LogP contribution in [0.4, 0.5) is 5.69 Å². The molecular weight excluding hydrogens is 264 g/mol. The fourth-order valence-corrected chi connectivity index (χ4v) is 2.56. The minimum absolute atomic E-state index is 0.174. The molecule has 0 heterocycles. The Morgan fingerprint density at radius 2 is 2.26 bits per heavy atom. The van der Waals surface area contributed by atoms with Gasteiger partial charge in [-0.3, -0.25) is 10.1 Å². The summed E-state index contributed by atoms with van der Waals surface area (Å²) in [5.74, 6) is 0.658. The first kappa shape index (κ1) is 14.3. The quantitative estimate of drug-likeness (QED) is 0.614. The number of hydrogen-bond acceptors (Lipinski definition) is 3. The van der Waals surface area contributed by atoms with E-state index in [9.17, 15) is 10.1 Å². The standard InChI is InChI=1S/C14H19ClN2O2/c1-2-7-16-13(10-3-4-10)9-11-8-12(15)5-6-14(11)17(18)19/h5-6,8,10,13,16H,2-4,7,9H2,1H3. The minimum atomic E-state index is -0.324. The lowest BCUT2D eigenvalue weighted by molar-refractivity contribution is -0.385. The van der Waals surface area contributed by atoms with Crippen LogP contribution in [0.5, 0.6) is 0 Å². The summed E-state index contributed by atoms with van der Waals surface area (Å²) in [7, 11) is 0. The van der Waals surface area contributed by atoms with E-state index in [1.165, 1.54) is 18.9 Å². The van der Waals surface area contributed by atoms with Crippen molar-refractivity contribution >= 4 is 17.3 Å². The molecule has 1 aromatic carbocycles. The summed E-state index contributed by atoms with van der Waals surface area (Å²) < 4.78 is 0. The fourth-order valence-electron chi connectivity index (χ4n) is 2.37. The molecule has 1 fully saturated rings. The van der Waals surface area contributed by atoms with Crippen molar-refractivity contribution in [2.45, 2.75) is 38.6 Å². The van der Waals surface area contributed by atoms with Crippen molar-refractivity contribution in [3.05, 3.63) is 38.9 Å². The molecule has 0 amide bonds. The molecule has 1 saturated carbocycles. The molecule has 0 radical (unpaired) electrons. The fraction of sp³-hybridized carbons (Fsp3) is 0.571. The van der Waals surface area contributed by atoms with E-state index in [4.69, 9.17) is 11.6 Å². The van der Waals surface area contributed by atoms with Gasteiger partial charge in [-0.2, -0.15) is 0 Å². The van der Waals surface area contributed by atoms with Crippen LogP contribution in [-0.4, -0.2) is 17.5 Å². The van der Waals surface area contributed by atoms with Crippen LogP contribution in [0.25, 0.3) is 0 Å². The van der Waals surface area contributed by atoms with Gasteiger partial charge in [-0.15, -0.1) is 0 Å². The maximum absolute atomic E-state index is 11.1. The number of nitrogens with zero attached hydrogens (tertiary/aromatic N) is 1. The molecular formula is C14H19ClN2O2. The van der Waals surface area contributed by atoms with Crippen LogP contribution in [0.1, 0.15) is 31.7 Å². The van der Waals surface area contributed by atoms with E-state index in [0.717, 1.165) is 18.5 Å². The molecule has 0 aromatic heterocycles. The van der Waals surface area contributed by atoms with E-state index in [2.05, 4.69) is 12.2 Å². The van der Waals surface area contributed by atoms with Gasteiger partial charge in [-0.25, -0.2) is 0 Å². The average molecular weight is 283 g/mol. The van der Waals surface area contributed by atoms with Gasteiger partial charge in [-0.1, -0.05) is 18.5 Å². The topological polar surface area (TPSA) is 55.2 Å². The highest BCUT2D eigenvalue weighted by molar-refractivity contribution is 6.30. The van der Waals surface area contributed by atoms with Gasteiger partial charge >= 0.3 is 0 Å². The van der Waals surface area contributed by atoms with Crippen molar-refractivity contribution in [1.29, 1.82) is 0 Å². The lowest BCUT2D eigenvalue weighted by Crippen LogP contribution is -2.33. The van der Waals surface area contributed by atoms with E-state index >= 15 is 0 Å². The van der Waals surface area contributed by atoms with Gasteiger partial charge in [0.15, 0.2) is 0 Å². The SMILES string of the molecule is CCCNC(Cc1cc(Cl)ccc1[N+](=O)[O-])C1CC1. The third-order valence-electron chi connectivity index (χ3n) is 3.53. The van der Waals surface area contributed by atoms with Crippen LogP contribution in [0.2, 0.25) is 5.02 Å². The summed E-state index contributed by atoms with van der Waals surface area (Å²) in [6, 6.07) is 5.14. The molecule has 1 unspecified atom stereocenters. The second-order valence-corrected chi connectivity index (χ2v) is 5.57. The van der Waals surface area contributed by atoms with Crippen molar-refractivity contribution in [1.82, 2.24) is 5.32 Å². The number of nitro groups is 1. The lowest BCUT2D eigenvalue weighted by atomic mass is 10.0. The average Bonchev–Trinajstić information content (AvgIpc) is 3.18. The summed E-state index contributed by atoms with van der Waals surface area (Å²) >= 11 is 5.96. The maximum Gasteiger partial charge on any atom is 0.272 e. The van der Waals surface area contributed by atoms with Gasteiger partial charge < -0.3 is 5.32 Å². The van der Waals surface area contributed by atoms with Gasteiger partial charge in [0.25, 0.3) is 5.69 Å². The zero-order valence-corrected chi connectivity index (χ0v) is 11.8. The Hall–Kier alpha value is -1.13. The van der Waals surface area contributed by atoms with Crippen molar-refractivity contribution in [3.63, 3.8) is 0 Å². The first-order chi connectivity index (χ1) is 9.11. The Morgan fingerprint density at radius 3 is 2.84 bits per heavy atom. The second-order valence-electron chi connectivity index (χ2n) is 5.13. The summed E-state index contributed by atoms with van der Waals surface area (Å²) in [6.45, 7) is 3.08. The molecule has 0 bridgehead atoms. The smallest absolute Gasteiger partial charge is 0.272 e. The van der Waals surface area contributed by atoms with Crippen LogP contribution < -0.4 is 5.32 Å². The highest BCUT2D eigenvalue weighted by Crippen LogP contribution is 2.35. The Balaban J connectivity index is 2.15. The molecule has 5 heteroatoms. The molecule has 4 nitrogen and oxygen atoms in total. The van der Waals surface area contributed by atoms with Crippen LogP contribution in [0, 0.1) is 16.0 Å². The van der Waals surface area contributed by atoms with Crippen molar-refractivity contribution in [2.24, 2.45) is 5.92 Å². The number of hydrogen-bond donors (Lipinski definition) is 1. The Kier molecular flexibility index (Phi) is 4.77. The third kappa shape index (κ3) is 3.91. The molecule has 0 saturated heterocycles. The van der Waals surface area contributed by atoms with E-state index in [0.29, 0.717) is 23.4 Å². The second kappa shape index (κ2) is 6.35. The van der Waals surface area contributed by atoms with Crippen LogP contribution >= 0.6 is 11.6 Å². The predicted molar refractivity (Wildman–Crippen MR) is 76.6 cm³/mol. The Labute approximate surface area is 118 Å². The summed E-state index contributed by atoms with van der Waals surface area (Å²) in [5.41, 5.74) is 0.909. The molecule has 1 aliphatic carbocycles. The number of rotatable bonds is 7. The highest BCUT2D eigenvalue weighted by Gasteiger charge is 2.32. The van der Waals surface area contributed by atoms with Crippen molar-refractivity contribution in [3.8, 4) is 0 Å². The molecule has 104 valence electrons. The number of nitro benzene ring substituents is 1. The zero-order valence-electron chi connectivity index (χ0n) is 11.1. The van der Waals surface area contributed by atoms with Crippen LogP contribution in [0.3, 0.4) is 0 Å². The van der Waals surface area contributed by atoms with E-state index in [-0.39, 0.29) is 10.6 Å². The first-order valence-electron chi connectivity index (χ1n) is 6.78. The predicted octanol–water partition coefficient (Wildman–Crippen LogP) is 3.57. The monoisotopic (exact) mass is 282 g/mol. The third-order valence-corrected chi connectivity index (χ3v) is 3.76. The Bertz CT molecular complexity index is 461. The number of nitrogens with one attached hydrogen (secondary N) is 1. The normalized spacial score (nSPS) is 16.3. The van der Waals surface area contributed by atoms with Crippen LogP contribution in [0.15, 0.2) is 18.2 Å². The molecule has 1 aromatic rings. The zero-order chi connectivity index (χ0) is 13.8. The number of halogens is 1. The van der Waals surface area contributed by atoms with E-state index in [1.807, 2.05) is 0 Å². The summed E-state index contributed by atoms with van der Waals surface area (Å²) in [5, 5.41) is 15.1. The highest BCUT2D eigenvalue weighted by atomic mass is 35.5. The molecule has 0 spiro atoms. The molecule has 0 aliphatic heterocycles. The maximum atomic E-state index is 11.1. The largest absolute Gasteiger partial charge is 0.313 e. The van der Waals surface area contributed by atoms with Crippen molar-refractivity contribution in [2.75, 3.05) is 6.54 Å². The molecule has 1 atom stereocenters. The first-order valence-corrected chi connectivity index (χ1v) is 7.15. The summed E-state index contributed by atoms with van der Waals surface area (Å²) in [4.78, 5) is 10.7. The van der Waals surface area contributed by atoms with Gasteiger partial charge in [0.1, 0.15) is 0 Å². The minimum Gasteiger partial charge on any atom is -0.313 e.